The summed E-state index contributed by atoms with van der Waals surface area (Å²) in [6, 6.07) is 15.6. The summed E-state index contributed by atoms with van der Waals surface area (Å²) in [6.07, 6.45) is 1.84. The number of anilines is 1. The van der Waals surface area contributed by atoms with Crippen molar-refractivity contribution in [2.45, 2.75) is 33.2 Å². The molecule has 0 saturated carbocycles. The molecular weight excluding hydrogens is 404 g/mol. The number of likely N-dealkylation sites (tertiary alicyclic amines) is 1. The van der Waals surface area contributed by atoms with Crippen molar-refractivity contribution in [1.29, 1.82) is 0 Å². The molecule has 0 radical (unpaired) electrons. The highest BCUT2D eigenvalue weighted by Gasteiger charge is 2.24. The molecule has 2 aromatic carbocycles. The van der Waals surface area contributed by atoms with Gasteiger partial charge >= 0.3 is 0 Å². The van der Waals surface area contributed by atoms with E-state index in [-0.39, 0.29) is 17.7 Å². The van der Waals surface area contributed by atoms with Crippen molar-refractivity contribution in [3.8, 4) is 5.69 Å². The Hall–Kier alpha value is -3.52. The number of hydrogen-bond donors (Lipinski definition) is 2. The van der Waals surface area contributed by atoms with Gasteiger partial charge in [-0.1, -0.05) is 29.5 Å². The molecule has 2 amide bonds. The van der Waals surface area contributed by atoms with Gasteiger partial charge in [-0.25, -0.2) is 4.68 Å². The van der Waals surface area contributed by atoms with E-state index < -0.39 is 0 Å². The van der Waals surface area contributed by atoms with Gasteiger partial charge in [0.15, 0.2) is 5.69 Å². The van der Waals surface area contributed by atoms with Gasteiger partial charge in [-0.2, -0.15) is 0 Å². The van der Waals surface area contributed by atoms with E-state index in [9.17, 15) is 9.59 Å². The molecule has 1 unspecified atom stereocenters. The number of carbonyl (C=O) groups excluding carboxylic acids is 2. The van der Waals surface area contributed by atoms with Crippen molar-refractivity contribution in [2.24, 2.45) is 11.7 Å². The van der Waals surface area contributed by atoms with Crippen LogP contribution in [0.4, 0.5) is 5.69 Å². The summed E-state index contributed by atoms with van der Waals surface area (Å²) in [4.78, 5) is 26.5. The van der Waals surface area contributed by atoms with Gasteiger partial charge < -0.3 is 11.1 Å². The number of piperidine rings is 1. The number of aromatic nitrogens is 3. The summed E-state index contributed by atoms with van der Waals surface area (Å²) < 4.78 is 1.67. The molecule has 3 aromatic rings. The quantitative estimate of drug-likeness (QED) is 0.623. The Bertz CT molecular complexity index is 1120. The van der Waals surface area contributed by atoms with E-state index >= 15 is 0 Å². The highest BCUT2D eigenvalue weighted by Crippen LogP contribution is 2.20. The number of carbonyl (C=O) groups is 2. The number of nitrogens with one attached hydrogen (secondary N) is 1. The lowest BCUT2D eigenvalue weighted by Gasteiger charge is -2.31. The molecule has 166 valence electrons. The zero-order valence-electron chi connectivity index (χ0n) is 18.4. The molecule has 2 heterocycles. The molecule has 1 aliphatic heterocycles. The van der Waals surface area contributed by atoms with Gasteiger partial charge in [0.25, 0.3) is 5.91 Å². The summed E-state index contributed by atoms with van der Waals surface area (Å²) in [6.45, 7) is 6.25. The molecular formula is C24H28N6O2. The summed E-state index contributed by atoms with van der Waals surface area (Å²) in [5.41, 5.74) is 10.2. The summed E-state index contributed by atoms with van der Waals surface area (Å²) in [7, 11) is 0. The molecule has 0 aliphatic carbocycles. The number of rotatable bonds is 6. The number of primary amides is 1. The van der Waals surface area contributed by atoms with E-state index in [0.717, 1.165) is 42.7 Å². The van der Waals surface area contributed by atoms with Crippen molar-refractivity contribution in [1.82, 2.24) is 19.9 Å². The molecule has 0 bridgehead atoms. The van der Waals surface area contributed by atoms with E-state index in [2.05, 4.69) is 20.5 Å². The van der Waals surface area contributed by atoms with Crippen LogP contribution in [0.5, 0.6) is 0 Å². The van der Waals surface area contributed by atoms with Crippen molar-refractivity contribution >= 4 is 17.5 Å². The molecule has 0 spiro atoms. The fourth-order valence-corrected chi connectivity index (χ4v) is 4.12. The number of amides is 2. The third-order valence-corrected chi connectivity index (χ3v) is 5.88. The normalized spacial score (nSPS) is 16.6. The number of aryl methyl sites for hydroxylation is 1. The van der Waals surface area contributed by atoms with Gasteiger partial charge in [0.05, 0.1) is 17.3 Å². The summed E-state index contributed by atoms with van der Waals surface area (Å²) in [5, 5.41) is 11.1. The second-order valence-electron chi connectivity index (χ2n) is 8.40. The largest absolute Gasteiger partial charge is 0.369 e. The molecule has 8 nitrogen and oxygen atoms in total. The predicted octanol–water partition coefficient (Wildman–Crippen LogP) is 2.83. The van der Waals surface area contributed by atoms with Crippen LogP contribution in [0.25, 0.3) is 5.69 Å². The van der Waals surface area contributed by atoms with E-state index in [0.29, 0.717) is 23.6 Å². The van der Waals surface area contributed by atoms with Crippen LogP contribution >= 0.6 is 0 Å². The molecule has 1 atom stereocenters. The van der Waals surface area contributed by atoms with Crippen LogP contribution in [-0.2, 0) is 11.3 Å². The Balaban J connectivity index is 1.40. The average Bonchev–Trinajstić information content (AvgIpc) is 3.17. The number of hydrogen-bond acceptors (Lipinski definition) is 5. The zero-order valence-corrected chi connectivity index (χ0v) is 18.4. The Kier molecular flexibility index (Phi) is 6.32. The number of nitrogens with zero attached hydrogens (tertiary/aromatic N) is 4. The Morgan fingerprint density at radius 2 is 1.94 bits per heavy atom. The third kappa shape index (κ3) is 4.86. The molecule has 1 fully saturated rings. The molecule has 1 aromatic heterocycles. The number of nitrogens with two attached hydrogens (primary N) is 1. The highest BCUT2D eigenvalue weighted by atomic mass is 16.2. The first-order valence-electron chi connectivity index (χ1n) is 10.8. The lowest BCUT2D eigenvalue weighted by molar-refractivity contribution is -0.123. The van der Waals surface area contributed by atoms with Crippen LogP contribution in [0.15, 0.2) is 48.5 Å². The summed E-state index contributed by atoms with van der Waals surface area (Å²) >= 11 is 0. The Morgan fingerprint density at radius 1 is 1.16 bits per heavy atom. The molecule has 3 N–H and O–H groups in total. The van der Waals surface area contributed by atoms with Crippen LogP contribution in [0.1, 0.15) is 40.2 Å². The maximum absolute atomic E-state index is 12.8. The second kappa shape index (κ2) is 9.32. The molecule has 1 aliphatic rings. The molecule has 4 rings (SSSR count). The third-order valence-electron chi connectivity index (χ3n) is 5.88. The first-order chi connectivity index (χ1) is 15.4. The zero-order chi connectivity index (χ0) is 22.7. The van der Waals surface area contributed by atoms with E-state index in [1.807, 2.05) is 62.4 Å². The average molecular weight is 433 g/mol. The van der Waals surface area contributed by atoms with E-state index in [4.69, 9.17) is 5.73 Å². The Morgan fingerprint density at radius 3 is 2.66 bits per heavy atom. The standard InChI is InChI=1S/C24H28N6O2/c1-16-5-3-7-21(13-16)30-17(2)22(27-28-30)24(32)26-20-10-8-18(9-11-20)14-29-12-4-6-19(15-29)23(25)31/h3,5,7-11,13,19H,4,6,12,14-15H2,1-2H3,(H2,25,31)(H,26,32). The monoisotopic (exact) mass is 432 g/mol. The molecule has 8 heteroatoms. The van der Waals surface area contributed by atoms with Gasteiger partial charge in [-0.3, -0.25) is 14.5 Å². The first kappa shape index (κ1) is 21.7. The SMILES string of the molecule is Cc1cccc(-n2nnc(C(=O)Nc3ccc(CN4CCCC(C(N)=O)C4)cc3)c2C)c1. The van der Waals surface area contributed by atoms with Gasteiger partial charge in [-0.05, 0) is 68.6 Å². The lowest BCUT2D eigenvalue weighted by atomic mass is 9.97. The lowest BCUT2D eigenvalue weighted by Crippen LogP contribution is -2.40. The van der Waals surface area contributed by atoms with Crippen LogP contribution < -0.4 is 11.1 Å². The van der Waals surface area contributed by atoms with Crippen LogP contribution in [0.3, 0.4) is 0 Å². The fourth-order valence-electron chi connectivity index (χ4n) is 4.12. The second-order valence-corrected chi connectivity index (χ2v) is 8.40. The Labute approximate surface area is 187 Å². The molecule has 32 heavy (non-hydrogen) atoms. The van der Waals surface area contributed by atoms with Crippen LogP contribution in [-0.4, -0.2) is 44.8 Å². The molecule has 1 saturated heterocycles. The topological polar surface area (TPSA) is 106 Å². The summed E-state index contributed by atoms with van der Waals surface area (Å²) in [5.74, 6) is -0.587. The minimum Gasteiger partial charge on any atom is -0.369 e. The predicted molar refractivity (Wildman–Crippen MR) is 122 cm³/mol. The minimum atomic E-state index is -0.297. The fraction of sp³-hybridized carbons (Fsp3) is 0.333. The number of benzene rings is 2. The van der Waals surface area contributed by atoms with Gasteiger partial charge in [-0.15, -0.1) is 5.10 Å². The van der Waals surface area contributed by atoms with Gasteiger partial charge in [0.2, 0.25) is 5.91 Å². The highest BCUT2D eigenvalue weighted by molar-refractivity contribution is 6.03. The van der Waals surface area contributed by atoms with E-state index in [1.54, 1.807) is 4.68 Å². The van der Waals surface area contributed by atoms with Crippen molar-refractivity contribution in [3.63, 3.8) is 0 Å². The minimum absolute atomic E-state index is 0.0706. The van der Waals surface area contributed by atoms with Gasteiger partial charge in [0, 0.05) is 18.8 Å². The maximum atomic E-state index is 12.8. The van der Waals surface area contributed by atoms with Crippen molar-refractivity contribution in [2.75, 3.05) is 18.4 Å². The van der Waals surface area contributed by atoms with E-state index in [1.165, 1.54) is 0 Å². The van der Waals surface area contributed by atoms with Crippen molar-refractivity contribution in [3.05, 3.63) is 71.0 Å². The first-order valence-corrected chi connectivity index (χ1v) is 10.8. The van der Waals surface area contributed by atoms with Crippen molar-refractivity contribution < 1.29 is 9.59 Å². The van der Waals surface area contributed by atoms with Crippen LogP contribution in [0, 0.1) is 19.8 Å². The van der Waals surface area contributed by atoms with Crippen LogP contribution in [0.2, 0.25) is 0 Å². The smallest absolute Gasteiger partial charge is 0.278 e. The van der Waals surface area contributed by atoms with Gasteiger partial charge in [0.1, 0.15) is 0 Å². The maximum Gasteiger partial charge on any atom is 0.278 e.